The molecule has 1 N–H and O–H groups in total. The third kappa shape index (κ3) is 3.33. The van der Waals surface area contributed by atoms with E-state index in [1.165, 1.54) is 17.1 Å². The van der Waals surface area contributed by atoms with Crippen LogP contribution in [0.5, 0.6) is 0 Å². The molecule has 0 saturated heterocycles. The first-order chi connectivity index (χ1) is 9.89. The lowest BCUT2D eigenvalue weighted by Crippen LogP contribution is -2.29. The van der Waals surface area contributed by atoms with Crippen LogP contribution in [-0.2, 0) is 16.6 Å². The van der Waals surface area contributed by atoms with Crippen LogP contribution in [0.2, 0.25) is 0 Å². The van der Waals surface area contributed by atoms with Gasteiger partial charge in [0.05, 0.1) is 4.90 Å². The van der Waals surface area contributed by atoms with Crippen LogP contribution in [0.1, 0.15) is 36.8 Å². The summed E-state index contributed by atoms with van der Waals surface area (Å²) >= 11 is 3.50. The molecule has 1 aromatic carbocycles. The van der Waals surface area contributed by atoms with Crippen molar-refractivity contribution < 1.29 is 8.42 Å². The first-order valence-electron chi connectivity index (χ1n) is 7.40. The number of hydrogen-bond donors (Lipinski definition) is 1. The SMILES string of the molecule is Cc1c(Br)cc(CNC2CC2)cc1S(=O)(=O)N(C)C1CC1. The second-order valence-corrected chi connectivity index (χ2v) is 8.93. The molecule has 3 rings (SSSR count). The summed E-state index contributed by atoms with van der Waals surface area (Å²) in [6.45, 7) is 2.58. The van der Waals surface area contributed by atoms with E-state index in [4.69, 9.17) is 0 Å². The zero-order valence-corrected chi connectivity index (χ0v) is 14.8. The third-order valence-electron chi connectivity index (χ3n) is 4.25. The van der Waals surface area contributed by atoms with E-state index in [2.05, 4.69) is 21.2 Å². The summed E-state index contributed by atoms with van der Waals surface area (Å²) < 4.78 is 27.9. The summed E-state index contributed by atoms with van der Waals surface area (Å²) in [5.74, 6) is 0. The molecule has 2 aliphatic rings. The van der Waals surface area contributed by atoms with Crippen LogP contribution in [0.15, 0.2) is 21.5 Å². The molecule has 116 valence electrons. The van der Waals surface area contributed by atoms with E-state index in [0.29, 0.717) is 10.9 Å². The van der Waals surface area contributed by atoms with Crippen LogP contribution in [0.3, 0.4) is 0 Å². The van der Waals surface area contributed by atoms with Gasteiger partial charge in [-0.1, -0.05) is 15.9 Å². The summed E-state index contributed by atoms with van der Waals surface area (Å²) in [7, 11) is -1.71. The lowest BCUT2D eigenvalue weighted by molar-refractivity contribution is 0.463. The first-order valence-corrected chi connectivity index (χ1v) is 9.63. The predicted molar refractivity (Wildman–Crippen MR) is 86.7 cm³/mol. The van der Waals surface area contributed by atoms with Gasteiger partial charge < -0.3 is 5.32 Å². The van der Waals surface area contributed by atoms with Gasteiger partial charge in [0.25, 0.3) is 0 Å². The molecule has 21 heavy (non-hydrogen) atoms. The second-order valence-electron chi connectivity index (χ2n) is 6.11. The fourth-order valence-corrected chi connectivity index (χ4v) is 4.77. The fourth-order valence-electron chi connectivity index (χ4n) is 2.42. The predicted octanol–water partition coefficient (Wildman–Crippen LogP) is 2.79. The van der Waals surface area contributed by atoms with Crippen LogP contribution in [0, 0.1) is 6.92 Å². The monoisotopic (exact) mass is 372 g/mol. The molecule has 2 aliphatic carbocycles. The first kappa shape index (κ1) is 15.5. The summed E-state index contributed by atoms with van der Waals surface area (Å²) in [6.07, 6.45) is 4.39. The molecule has 2 fully saturated rings. The van der Waals surface area contributed by atoms with E-state index in [0.717, 1.165) is 35.0 Å². The molecular formula is C15H21BrN2O2S. The highest BCUT2D eigenvalue weighted by molar-refractivity contribution is 9.10. The molecule has 0 amide bonds. The Morgan fingerprint density at radius 2 is 1.95 bits per heavy atom. The van der Waals surface area contributed by atoms with Gasteiger partial charge in [0.1, 0.15) is 0 Å². The van der Waals surface area contributed by atoms with Gasteiger partial charge in [0.2, 0.25) is 10.0 Å². The van der Waals surface area contributed by atoms with Gasteiger partial charge in [0, 0.05) is 30.1 Å². The average Bonchev–Trinajstić information content (AvgIpc) is 3.31. The number of sulfonamides is 1. The van der Waals surface area contributed by atoms with Crippen LogP contribution in [-0.4, -0.2) is 31.9 Å². The average molecular weight is 373 g/mol. The molecule has 0 spiro atoms. The molecule has 0 bridgehead atoms. The molecule has 0 aliphatic heterocycles. The summed E-state index contributed by atoms with van der Waals surface area (Å²) in [4.78, 5) is 0.430. The number of rotatable bonds is 6. The number of hydrogen-bond acceptors (Lipinski definition) is 3. The number of nitrogens with one attached hydrogen (secondary N) is 1. The van der Waals surface area contributed by atoms with Crippen molar-refractivity contribution >= 4 is 26.0 Å². The maximum Gasteiger partial charge on any atom is 0.243 e. The Bertz CT molecular complexity index is 652. The summed E-state index contributed by atoms with van der Waals surface area (Å²) in [5, 5.41) is 3.43. The van der Waals surface area contributed by atoms with Crippen LogP contribution < -0.4 is 5.32 Å². The topological polar surface area (TPSA) is 49.4 Å². The maximum atomic E-state index is 12.8. The van der Waals surface area contributed by atoms with Gasteiger partial charge >= 0.3 is 0 Å². The van der Waals surface area contributed by atoms with Crippen molar-refractivity contribution in [3.63, 3.8) is 0 Å². The molecule has 0 unspecified atom stereocenters. The molecule has 6 heteroatoms. The Morgan fingerprint density at radius 1 is 1.29 bits per heavy atom. The molecule has 1 aromatic rings. The van der Waals surface area contributed by atoms with E-state index < -0.39 is 10.0 Å². The number of halogens is 1. The van der Waals surface area contributed by atoms with E-state index in [1.54, 1.807) is 7.05 Å². The standard InChI is InChI=1S/C15H21BrN2O2S/c1-10-14(16)7-11(9-17-12-3-4-12)8-15(10)21(19,20)18(2)13-5-6-13/h7-8,12-13,17H,3-6,9H2,1-2H3. The van der Waals surface area contributed by atoms with Crippen molar-refractivity contribution in [3.8, 4) is 0 Å². The van der Waals surface area contributed by atoms with Crippen LogP contribution in [0.4, 0.5) is 0 Å². The van der Waals surface area contributed by atoms with E-state index in [1.807, 2.05) is 19.1 Å². The van der Waals surface area contributed by atoms with Crippen LogP contribution in [0.25, 0.3) is 0 Å². The van der Waals surface area contributed by atoms with Crippen molar-refractivity contribution in [3.05, 3.63) is 27.7 Å². The Hall–Kier alpha value is -0.430. The highest BCUT2D eigenvalue weighted by Crippen LogP contribution is 2.34. The Balaban J connectivity index is 1.91. The number of benzene rings is 1. The summed E-state index contributed by atoms with van der Waals surface area (Å²) in [6, 6.07) is 4.63. The fraction of sp³-hybridized carbons (Fsp3) is 0.600. The minimum atomic E-state index is -3.40. The zero-order chi connectivity index (χ0) is 15.2. The van der Waals surface area contributed by atoms with Crippen molar-refractivity contribution in [1.29, 1.82) is 0 Å². The smallest absolute Gasteiger partial charge is 0.243 e. The van der Waals surface area contributed by atoms with E-state index in [9.17, 15) is 8.42 Å². The maximum absolute atomic E-state index is 12.8. The largest absolute Gasteiger partial charge is 0.310 e. The quantitative estimate of drug-likeness (QED) is 0.834. The molecular weight excluding hydrogens is 352 g/mol. The highest BCUT2D eigenvalue weighted by atomic mass is 79.9. The molecule has 0 atom stereocenters. The summed E-state index contributed by atoms with van der Waals surface area (Å²) in [5.41, 5.74) is 1.81. The van der Waals surface area contributed by atoms with Crippen molar-refractivity contribution in [1.82, 2.24) is 9.62 Å². The Morgan fingerprint density at radius 3 is 2.52 bits per heavy atom. The molecule has 4 nitrogen and oxygen atoms in total. The van der Waals surface area contributed by atoms with Gasteiger partial charge in [-0.15, -0.1) is 0 Å². The Kier molecular flexibility index (Phi) is 4.16. The van der Waals surface area contributed by atoms with Gasteiger partial charge in [0.15, 0.2) is 0 Å². The van der Waals surface area contributed by atoms with E-state index >= 15 is 0 Å². The molecule has 0 aromatic heterocycles. The van der Waals surface area contributed by atoms with Crippen molar-refractivity contribution in [2.24, 2.45) is 0 Å². The van der Waals surface area contributed by atoms with Gasteiger partial charge in [-0.25, -0.2) is 8.42 Å². The lowest BCUT2D eigenvalue weighted by atomic mass is 10.1. The number of nitrogens with zero attached hydrogens (tertiary/aromatic N) is 1. The minimum Gasteiger partial charge on any atom is -0.310 e. The van der Waals surface area contributed by atoms with Crippen molar-refractivity contribution in [2.75, 3.05) is 7.05 Å². The molecule has 2 saturated carbocycles. The van der Waals surface area contributed by atoms with E-state index in [-0.39, 0.29) is 6.04 Å². The molecule has 0 radical (unpaired) electrons. The normalized spacial score (nSPS) is 19.2. The Labute approximate surface area is 135 Å². The van der Waals surface area contributed by atoms with Crippen LogP contribution >= 0.6 is 15.9 Å². The highest BCUT2D eigenvalue weighted by Gasteiger charge is 2.36. The van der Waals surface area contributed by atoms with Crippen molar-refractivity contribution in [2.45, 2.75) is 56.1 Å². The van der Waals surface area contributed by atoms with Gasteiger partial charge in [-0.3, -0.25) is 0 Å². The third-order valence-corrected chi connectivity index (χ3v) is 7.11. The minimum absolute atomic E-state index is 0.182. The lowest BCUT2D eigenvalue weighted by Gasteiger charge is -2.19. The van der Waals surface area contributed by atoms with Gasteiger partial charge in [-0.2, -0.15) is 4.31 Å². The molecule has 0 heterocycles. The zero-order valence-electron chi connectivity index (χ0n) is 12.4. The van der Waals surface area contributed by atoms with Gasteiger partial charge in [-0.05, 0) is 55.9 Å². The second kappa shape index (κ2) is 5.65.